The second-order valence-electron chi connectivity index (χ2n) is 5.09. The van der Waals surface area contributed by atoms with Crippen molar-refractivity contribution in [3.05, 3.63) is 46.3 Å². The van der Waals surface area contributed by atoms with Gasteiger partial charge in [0.15, 0.2) is 5.82 Å². The molecule has 2 heterocycles. The van der Waals surface area contributed by atoms with E-state index < -0.39 is 5.82 Å². The SMILES string of the molecule is Cc1noc(C2CC(=O)N(Cc3ccc(F)cc3Cl)C2)n1. The maximum atomic E-state index is 13.0. The van der Waals surface area contributed by atoms with Gasteiger partial charge in [0.05, 0.1) is 5.92 Å². The van der Waals surface area contributed by atoms with Gasteiger partial charge in [-0.2, -0.15) is 4.98 Å². The van der Waals surface area contributed by atoms with Crippen LogP contribution in [0, 0.1) is 12.7 Å². The zero-order chi connectivity index (χ0) is 15.0. The van der Waals surface area contributed by atoms with Crippen molar-refractivity contribution in [2.45, 2.75) is 25.8 Å². The van der Waals surface area contributed by atoms with Crippen LogP contribution >= 0.6 is 11.6 Å². The molecule has 1 aliphatic rings. The standard InChI is InChI=1S/C14H13ClFN3O2/c1-8-17-14(21-18-8)10-4-13(20)19(7-10)6-9-2-3-11(16)5-12(9)15/h2-3,5,10H,4,6-7H2,1H3. The summed E-state index contributed by atoms with van der Waals surface area (Å²) in [6.45, 7) is 2.58. The Bertz CT molecular complexity index is 689. The number of aromatic nitrogens is 2. The van der Waals surface area contributed by atoms with Crippen LogP contribution in [0.15, 0.2) is 22.7 Å². The summed E-state index contributed by atoms with van der Waals surface area (Å²) in [5.74, 6) is 0.538. The molecule has 1 aromatic carbocycles. The van der Waals surface area contributed by atoms with Crippen LogP contribution < -0.4 is 0 Å². The Kier molecular flexibility index (Phi) is 3.63. The number of nitrogens with zero attached hydrogens (tertiary/aromatic N) is 3. The van der Waals surface area contributed by atoms with E-state index in [1.165, 1.54) is 12.1 Å². The van der Waals surface area contributed by atoms with E-state index in [0.717, 1.165) is 0 Å². The minimum absolute atomic E-state index is 0.00348. The summed E-state index contributed by atoms with van der Waals surface area (Å²) in [5.41, 5.74) is 0.716. The van der Waals surface area contributed by atoms with E-state index in [-0.39, 0.29) is 11.8 Å². The third-order valence-electron chi connectivity index (χ3n) is 3.48. The second-order valence-corrected chi connectivity index (χ2v) is 5.50. The molecule has 1 aliphatic heterocycles. The normalized spacial score (nSPS) is 18.5. The van der Waals surface area contributed by atoms with Gasteiger partial charge in [0, 0.05) is 24.5 Å². The van der Waals surface area contributed by atoms with Gasteiger partial charge in [-0.25, -0.2) is 4.39 Å². The highest BCUT2D eigenvalue weighted by Gasteiger charge is 2.34. The Balaban J connectivity index is 1.73. The second kappa shape index (κ2) is 5.44. The number of amides is 1. The first-order valence-corrected chi connectivity index (χ1v) is 6.92. The van der Waals surface area contributed by atoms with Crippen LogP contribution in [0.25, 0.3) is 0 Å². The number of carbonyl (C=O) groups excluding carboxylic acids is 1. The van der Waals surface area contributed by atoms with E-state index in [2.05, 4.69) is 10.1 Å². The smallest absolute Gasteiger partial charge is 0.232 e. The van der Waals surface area contributed by atoms with Crippen LogP contribution in [0.1, 0.15) is 29.6 Å². The molecule has 0 saturated carbocycles. The Morgan fingerprint density at radius 1 is 1.52 bits per heavy atom. The number of halogens is 2. The summed E-state index contributed by atoms with van der Waals surface area (Å²) in [4.78, 5) is 17.9. The topological polar surface area (TPSA) is 59.2 Å². The lowest BCUT2D eigenvalue weighted by Crippen LogP contribution is -2.24. The van der Waals surface area contributed by atoms with Crippen molar-refractivity contribution >= 4 is 17.5 Å². The Labute approximate surface area is 125 Å². The van der Waals surface area contributed by atoms with E-state index in [9.17, 15) is 9.18 Å². The summed E-state index contributed by atoms with van der Waals surface area (Å²) in [7, 11) is 0. The van der Waals surface area contributed by atoms with Gasteiger partial charge in [0.2, 0.25) is 11.8 Å². The summed E-state index contributed by atoms with van der Waals surface area (Å²) < 4.78 is 18.1. The van der Waals surface area contributed by atoms with Crippen molar-refractivity contribution in [2.75, 3.05) is 6.54 Å². The zero-order valence-corrected chi connectivity index (χ0v) is 12.1. The molecule has 1 saturated heterocycles. The summed E-state index contributed by atoms with van der Waals surface area (Å²) in [6, 6.07) is 4.17. The van der Waals surface area contributed by atoms with Gasteiger partial charge in [-0.3, -0.25) is 4.79 Å². The van der Waals surface area contributed by atoms with Crippen LogP contribution in [0.4, 0.5) is 4.39 Å². The van der Waals surface area contributed by atoms with Crippen LogP contribution in [-0.4, -0.2) is 27.5 Å². The first kappa shape index (κ1) is 14.0. The number of hydrogen-bond acceptors (Lipinski definition) is 4. The molecule has 1 aromatic heterocycles. The van der Waals surface area contributed by atoms with Crippen molar-refractivity contribution in [1.29, 1.82) is 0 Å². The Hall–Kier alpha value is -1.95. The fourth-order valence-corrected chi connectivity index (χ4v) is 2.65. The number of hydrogen-bond donors (Lipinski definition) is 0. The zero-order valence-electron chi connectivity index (χ0n) is 11.3. The minimum Gasteiger partial charge on any atom is -0.339 e. The highest BCUT2D eigenvalue weighted by Crippen LogP contribution is 2.29. The number of carbonyl (C=O) groups is 1. The van der Waals surface area contributed by atoms with E-state index in [0.29, 0.717) is 41.8 Å². The van der Waals surface area contributed by atoms with Crippen molar-refractivity contribution in [2.24, 2.45) is 0 Å². The molecule has 5 nitrogen and oxygen atoms in total. The van der Waals surface area contributed by atoms with E-state index in [4.69, 9.17) is 16.1 Å². The lowest BCUT2D eigenvalue weighted by molar-refractivity contribution is -0.128. The highest BCUT2D eigenvalue weighted by molar-refractivity contribution is 6.31. The largest absolute Gasteiger partial charge is 0.339 e. The first-order chi connectivity index (χ1) is 10.0. The molecule has 1 atom stereocenters. The molecule has 1 fully saturated rings. The van der Waals surface area contributed by atoms with E-state index >= 15 is 0 Å². The molecule has 0 bridgehead atoms. The quantitative estimate of drug-likeness (QED) is 0.874. The number of aryl methyl sites for hydroxylation is 1. The molecule has 7 heteroatoms. The molecule has 1 unspecified atom stereocenters. The molecule has 3 rings (SSSR count). The molecule has 0 radical (unpaired) electrons. The molecular formula is C14H13ClFN3O2. The average Bonchev–Trinajstić information content (AvgIpc) is 3.00. The van der Waals surface area contributed by atoms with Crippen LogP contribution in [0.2, 0.25) is 5.02 Å². The van der Waals surface area contributed by atoms with Gasteiger partial charge in [-0.05, 0) is 24.6 Å². The van der Waals surface area contributed by atoms with Crippen LogP contribution in [0.3, 0.4) is 0 Å². The van der Waals surface area contributed by atoms with Gasteiger partial charge in [0.25, 0.3) is 0 Å². The monoisotopic (exact) mass is 309 g/mol. The van der Waals surface area contributed by atoms with Crippen molar-refractivity contribution in [3.63, 3.8) is 0 Å². The predicted octanol–water partition coefficient (Wildman–Crippen LogP) is 2.69. The summed E-state index contributed by atoms with van der Waals surface area (Å²) in [6.07, 6.45) is 0.334. The number of benzene rings is 1. The van der Waals surface area contributed by atoms with Gasteiger partial charge in [0.1, 0.15) is 5.82 Å². The lowest BCUT2D eigenvalue weighted by atomic mass is 10.1. The summed E-state index contributed by atoms with van der Waals surface area (Å²) in [5, 5.41) is 4.06. The minimum atomic E-state index is -0.393. The van der Waals surface area contributed by atoms with Gasteiger partial charge < -0.3 is 9.42 Å². The third kappa shape index (κ3) is 2.90. The van der Waals surface area contributed by atoms with Crippen molar-refractivity contribution < 1.29 is 13.7 Å². The molecule has 21 heavy (non-hydrogen) atoms. The molecule has 1 amide bonds. The van der Waals surface area contributed by atoms with Crippen LogP contribution in [0.5, 0.6) is 0 Å². The highest BCUT2D eigenvalue weighted by atomic mass is 35.5. The van der Waals surface area contributed by atoms with Gasteiger partial charge >= 0.3 is 0 Å². The maximum absolute atomic E-state index is 13.0. The average molecular weight is 310 g/mol. The van der Waals surface area contributed by atoms with E-state index in [1.54, 1.807) is 17.9 Å². The van der Waals surface area contributed by atoms with Crippen molar-refractivity contribution in [3.8, 4) is 0 Å². The molecule has 0 spiro atoms. The molecule has 0 N–H and O–H groups in total. The maximum Gasteiger partial charge on any atom is 0.232 e. The molecule has 0 aliphatic carbocycles. The van der Waals surface area contributed by atoms with Gasteiger partial charge in [-0.1, -0.05) is 22.8 Å². The summed E-state index contributed by atoms with van der Waals surface area (Å²) >= 11 is 5.99. The van der Waals surface area contributed by atoms with Crippen LogP contribution in [-0.2, 0) is 11.3 Å². The van der Waals surface area contributed by atoms with Crippen molar-refractivity contribution in [1.82, 2.24) is 15.0 Å². The molecule has 2 aromatic rings. The predicted molar refractivity (Wildman–Crippen MR) is 73.2 cm³/mol. The van der Waals surface area contributed by atoms with Gasteiger partial charge in [-0.15, -0.1) is 0 Å². The van der Waals surface area contributed by atoms with E-state index in [1.807, 2.05) is 0 Å². The first-order valence-electron chi connectivity index (χ1n) is 6.55. The Morgan fingerprint density at radius 3 is 3.00 bits per heavy atom. The fourth-order valence-electron chi connectivity index (χ4n) is 2.42. The number of likely N-dealkylation sites (tertiary alicyclic amines) is 1. The molecule has 110 valence electrons. The Morgan fingerprint density at radius 2 is 2.33 bits per heavy atom. The molecular weight excluding hydrogens is 297 g/mol. The lowest BCUT2D eigenvalue weighted by Gasteiger charge is -2.17. The number of rotatable bonds is 3. The third-order valence-corrected chi connectivity index (χ3v) is 3.84. The fraction of sp³-hybridized carbons (Fsp3) is 0.357.